The second kappa shape index (κ2) is 6.41. The summed E-state index contributed by atoms with van der Waals surface area (Å²) in [5.74, 6) is 0. The number of hydrogen-bond donors (Lipinski definition) is 0. The molecule has 0 aliphatic heterocycles. The topological polar surface area (TPSA) is 55.4 Å². The van der Waals surface area contributed by atoms with Gasteiger partial charge in [0.25, 0.3) is 5.56 Å². The van der Waals surface area contributed by atoms with Gasteiger partial charge in [-0.3, -0.25) is 18.8 Å². The lowest BCUT2D eigenvalue weighted by atomic mass is 10.3. The molecule has 3 aromatic heterocycles. The average molecular weight is 317 g/mol. The summed E-state index contributed by atoms with van der Waals surface area (Å²) in [6.07, 6.45) is 5.58. The zero-order chi connectivity index (χ0) is 15.5. The van der Waals surface area contributed by atoms with E-state index in [2.05, 4.69) is 21.9 Å². The highest BCUT2D eigenvalue weighted by Gasteiger charge is 2.09. The van der Waals surface area contributed by atoms with Gasteiger partial charge in [0.15, 0.2) is 4.96 Å². The highest BCUT2D eigenvalue weighted by atomic mass is 32.1. The normalized spacial score (nSPS) is 11.6. The average Bonchev–Trinajstić information content (AvgIpc) is 3.12. The van der Waals surface area contributed by atoms with E-state index in [1.807, 2.05) is 30.1 Å². The van der Waals surface area contributed by atoms with Gasteiger partial charge in [-0.1, -0.05) is 6.92 Å². The van der Waals surface area contributed by atoms with Gasteiger partial charge in [0, 0.05) is 42.6 Å². The van der Waals surface area contributed by atoms with E-state index in [9.17, 15) is 4.79 Å². The molecule has 0 saturated heterocycles. The van der Waals surface area contributed by atoms with Crippen LogP contribution in [0.15, 0.2) is 35.5 Å². The molecule has 0 aromatic carbocycles. The number of hydrogen-bond acceptors (Lipinski definition) is 5. The molecule has 0 unspecified atom stereocenters. The molecule has 0 saturated carbocycles. The van der Waals surface area contributed by atoms with E-state index in [0.29, 0.717) is 6.54 Å². The maximum absolute atomic E-state index is 12.1. The van der Waals surface area contributed by atoms with Gasteiger partial charge in [-0.05, 0) is 19.5 Å². The van der Waals surface area contributed by atoms with Crippen molar-refractivity contribution in [2.75, 3.05) is 13.1 Å². The highest BCUT2D eigenvalue weighted by molar-refractivity contribution is 7.16. The molecule has 3 rings (SSSR count). The van der Waals surface area contributed by atoms with Crippen molar-refractivity contribution in [1.29, 1.82) is 0 Å². The zero-order valence-electron chi connectivity index (χ0n) is 12.8. The van der Waals surface area contributed by atoms with Gasteiger partial charge >= 0.3 is 0 Å². The molecule has 0 bridgehead atoms. The van der Waals surface area contributed by atoms with Crippen LogP contribution in [0.25, 0.3) is 4.96 Å². The summed E-state index contributed by atoms with van der Waals surface area (Å²) in [4.78, 5) is 20.9. The van der Waals surface area contributed by atoms with Crippen molar-refractivity contribution >= 4 is 16.3 Å². The van der Waals surface area contributed by atoms with Crippen molar-refractivity contribution in [3.63, 3.8) is 0 Å². The van der Waals surface area contributed by atoms with Crippen LogP contribution in [0, 0.1) is 6.92 Å². The number of thiazole rings is 1. The van der Waals surface area contributed by atoms with Crippen LogP contribution in [-0.4, -0.2) is 37.2 Å². The Morgan fingerprint density at radius 2 is 2.27 bits per heavy atom. The van der Waals surface area contributed by atoms with Crippen LogP contribution in [0.5, 0.6) is 0 Å². The van der Waals surface area contributed by atoms with Gasteiger partial charge in [0.1, 0.15) is 0 Å². The van der Waals surface area contributed by atoms with E-state index in [-0.39, 0.29) is 5.56 Å². The summed E-state index contributed by atoms with van der Waals surface area (Å²) in [6.45, 7) is 7.40. The Labute approximate surface area is 132 Å². The Kier molecular flexibility index (Phi) is 4.35. The number of rotatable bonds is 6. The lowest BCUT2D eigenvalue weighted by molar-refractivity contribution is 0.260. The monoisotopic (exact) mass is 317 g/mol. The van der Waals surface area contributed by atoms with Gasteiger partial charge in [-0.2, -0.15) is 5.10 Å². The largest absolute Gasteiger partial charge is 0.296 e. The highest BCUT2D eigenvalue weighted by Crippen LogP contribution is 2.13. The molecule has 0 N–H and O–H groups in total. The fourth-order valence-electron chi connectivity index (χ4n) is 2.39. The van der Waals surface area contributed by atoms with Crippen LogP contribution in [0.4, 0.5) is 0 Å². The summed E-state index contributed by atoms with van der Waals surface area (Å²) in [5, 5.41) is 4.21. The Bertz CT molecular complexity index is 805. The number of fused-ring (bicyclic) bond motifs is 1. The van der Waals surface area contributed by atoms with Crippen LogP contribution in [0.3, 0.4) is 0 Å². The van der Waals surface area contributed by atoms with Crippen molar-refractivity contribution in [2.45, 2.75) is 26.9 Å². The zero-order valence-corrected chi connectivity index (χ0v) is 13.6. The predicted molar refractivity (Wildman–Crippen MR) is 87.3 cm³/mol. The molecule has 3 heterocycles. The summed E-state index contributed by atoms with van der Waals surface area (Å²) in [5.41, 5.74) is 0.821. The number of nitrogens with zero attached hydrogens (tertiary/aromatic N) is 5. The van der Waals surface area contributed by atoms with Crippen molar-refractivity contribution in [3.8, 4) is 0 Å². The van der Waals surface area contributed by atoms with Crippen molar-refractivity contribution in [3.05, 3.63) is 51.6 Å². The van der Waals surface area contributed by atoms with Crippen LogP contribution in [-0.2, 0) is 13.1 Å². The first-order chi connectivity index (χ1) is 10.7. The fourth-order valence-corrected chi connectivity index (χ4v) is 3.24. The predicted octanol–water partition coefficient (Wildman–Crippen LogP) is 1.78. The van der Waals surface area contributed by atoms with E-state index < -0.39 is 0 Å². The SMILES string of the molecule is CCN(CCn1cccn1)Cc1cc(=O)n2cc(C)sc2n1. The third kappa shape index (κ3) is 3.26. The van der Waals surface area contributed by atoms with E-state index in [1.165, 1.54) is 0 Å². The summed E-state index contributed by atoms with van der Waals surface area (Å²) >= 11 is 1.55. The third-order valence-electron chi connectivity index (χ3n) is 3.57. The minimum absolute atomic E-state index is 0.00696. The van der Waals surface area contributed by atoms with Crippen LogP contribution in [0.1, 0.15) is 17.5 Å². The van der Waals surface area contributed by atoms with Crippen LogP contribution < -0.4 is 5.56 Å². The Hall–Kier alpha value is -1.99. The maximum Gasteiger partial charge on any atom is 0.258 e. The molecule has 7 heteroatoms. The van der Waals surface area contributed by atoms with E-state index >= 15 is 0 Å². The maximum atomic E-state index is 12.1. The Balaban J connectivity index is 1.74. The molecular formula is C15H19N5OS. The molecule has 116 valence electrons. The van der Waals surface area contributed by atoms with Crippen molar-refractivity contribution in [2.24, 2.45) is 0 Å². The molecule has 0 aliphatic carbocycles. The molecule has 0 spiro atoms. The summed E-state index contributed by atoms with van der Waals surface area (Å²) in [7, 11) is 0. The lowest BCUT2D eigenvalue weighted by Gasteiger charge is -2.19. The fraction of sp³-hybridized carbons (Fsp3) is 0.400. The van der Waals surface area contributed by atoms with Gasteiger partial charge in [-0.15, -0.1) is 11.3 Å². The van der Waals surface area contributed by atoms with Crippen molar-refractivity contribution < 1.29 is 0 Å². The van der Waals surface area contributed by atoms with E-state index in [1.54, 1.807) is 28.0 Å². The summed E-state index contributed by atoms with van der Waals surface area (Å²) in [6, 6.07) is 3.56. The molecule has 6 nitrogen and oxygen atoms in total. The number of aromatic nitrogens is 4. The van der Waals surface area contributed by atoms with Crippen LogP contribution in [0.2, 0.25) is 0 Å². The first-order valence-electron chi connectivity index (χ1n) is 7.34. The third-order valence-corrected chi connectivity index (χ3v) is 4.47. The smallest absolute Gasteiger partial charge is 0.258 e. The molecule has 3 aromatic rings. The molecule has 0 fully saturated rings. The van der Waals surface area contributed by atoms with Gasteiger partial charge in [-0.25, -0.2) is 4.98 Å². The first kappa shape index (κ1) is 14.9. The molecule has 22 heavy (non-hydrogen) atoms. The molecule has 0 atom stereocenters. The van der Waals surface area contributed by atoms with Gasteiger partial charge < -0.3 is 0 Å². The first-order valence-corrected chi connectivity index (χ1v) is 8.16. The molecule has 0 aliphatic rings. The van der Waals surface area contributed by atoms with Gasteiger partial charge in [0.05, 0.1) is 12.2 Å². The number of aryl methyl sites for hydroxylation is 1. The molecule has 0 radical (unpaired) electrons. The van der Waals surface area contributed by atoms with E-state index in [4.69, 9.17) is 0 Å². The minimum atomic E-state index is -0.00696. The van der Waals surface area contributed by atoms with Crippen LogP contribution >= 0.6 is 11.3 Å². The minimum Gasteiger partial charge on any atom is -0.296 e. The molecule has 0 amide bonds. The second-order valence-corrected chi connectivity index (χ2v) is 6.43. The quantitative estimate of drug-likeness (QED) is 0.695. The standard InChI is InChI=1S/C15H19N5OS/c1-3-18(7-8-19-6-4-5-16-19)11-13-9-14(21)20-10-12(2)22-15(20)17-13/h4-6,9-10H,3,7-8,11H2,1-2H3. The van der Waals surface area contributed by atoms with E-state index in [0.717, 1.165) is 35.2 Å². The van der Waals surface area contributed by atoms with Crippen molar-refractivity contribution in [1.82, 2.24) is 24.1 Å². The summed E-state index contributed by atoms with van der Waals surface area (Å²) < 4.78 is 3.53. The van der Waals surface area contributed by atoms with Gasteiger partial charge in [0.2, 0.25) is 0 Å². The second-order valence-electron chi connectivity index (χ2n) is 5.22. The number of likely N-dealkylation sites (N-methyl/N-ethyl adjacent to an activating group) is 1. The lowest BCUT2D eigenvalue weighted by Crippen LogP contribution is -2.28. The Morgan fingerprint density at radius 1 is 1.41 bits per heavy atom. The molecular weight excluding hydrogens is 298 g/mol. The Morgan fingerprint density at radius 3 is 3.00 bits per heavy atom.